The molecule has 0 radical (unpaired) electrons. The molecule has 1 fully saturated rings. The third kappa shape index (κ3) is 4.22. The predicted octanol–water partition coefficient (Wildman–Crippen LogP) is 5.93. The highest BCUT2D eigenvalue weighted by Crippen LogP contribution is 2.33. The number of nitrogens with zero attached hydrogens (tertiary/aromatic N) is 1. The topological polar surface area (TPSA) is 54.5 Å². The SMILES string of the molecule is O=C(CN1C(=O)S/C(=C/c2ccccc2Cl)C1=O)c1ccc(-c2ccccc2)cc1. The van der Waals surface area contributed by atoms with E-state index in [1.54, 1.807) is 42.5 Å². The van der Waals surface area contributed by atoms with Crippen molar-refractivity contribution in [2.75, 3.05) is 6.54 Å². The number of carbonyl (C=O) groups excluding carboxylic acids is 3. The van der Waals surface area contributed by atoms with Crippen LogP contribution >= 0.6 is 23.4 Å². The van der Waals surface area contributed by atoms with Gasteiger partial charge in [-0.05, 0) is 40.6 Å². The Morgan fingerprint density at radius 1 is 0.867 bits per heavy atom. The van der Waals surface area contributed by atoms with E-state index in [0.717, 1.165) is 27.8 Å². The molecule has 3 aromatic rings. The molecule has 0 bridgehead atoms. The van der Waals surface area contributed by atoms with Gasteiger partial charge in [-0.3, -0.25) is 19.3 Å². The Morgan fingerprint density at radius 3 is 2.20 bits per heavy atom. The number of amides is 2. The summed E-state index contributed by atoms with van der Waals surface area (Å²) in [6.07, 6.45) is 1.58. The number of benzene rings is 3. The van der Waals surface area contributed by atoms with E-state index in [2.05, 4.69) is 0 Å². The van der Waals surface area contributed by atoms with Gasteiger partial charge in [0.05, 0.1) is 11.4 Å². The van der Waals surface area contributed by atoms with Crippen LogP contribution in [0.4, 0.5) is 4.79 Å². The molecule has 0 unspecified atom stereocenters. The average Bonchev–Trinajstić information content (AvgIpc) is 3.03. The number of imide groups is 1. The first kappa shape index (κ1) is 20.1. The Hall–Kier alpha value is -3.15. The van der Waals surface area contributed by atoms with Crippen LogP contribution in [0.5, 0.6) is 0 Å². The number of carbonyl (C=O) groups is 3. The summed E-state index contributed by atoms with van der Waals surface area (Å²) in [5, 5.41) is 0.0199. The molecule has 0 spiro atoms. The normalized spacial score (nSPS) is 15.1. The van der Waals surface area contributed by atoms with E-state index < -0.39 is 11.1 Å². The van der Waals surface area contributed by atoms with Crippen molar-refractivity contribution in [1.82, 2.24) is 4.90 Å². The van der Waals surface area contributed by atoms with Crippen LogP contribution in [-0.4, -0.2) is 28.4 Å². The Kier molecular flexibility index (Phi) is 5.84. The first-order valence-corrected chi connectivity index (χ1v) is 10.4. The Morgan fingerprint density at radius 2 is 1.50 bits per heavy atom. The van der Waals surface area contributed by atoms with Gasteiger partial charge >= 0.3 is 0 Å². The molecule has 3 aromatic carbocycles. The third-order valence-corrected chi connectivity index (χ3v) is 5.93. The molecule has 2 amide bonds. The number of thioether (sulfide) groups is 1. The molecule has 0 saturated carbocycles. The first-order valence-electron chi connectivity index (χ1n) is 9.21. The van der Waals surface area contributed by atoms with E-state index in [4.69, 9.17) is 11.6 Å². The molecule has 0 atom stereocenters. The molecule has 0 aliphatic carbocycles. The number of halogens is 1. The Balaban J connectivity index is 1.49. The number of ketones is 1. The van der Waals surface area contributed by atoms with Gasteiger partial charge in [0, 0.05) is 10.6 Å². The Labute approximate surface area is 183 Å². The van der Waals surface area contributed by atoms with Crippen molar-refractivity contribution >= 4 is 46.4 Å². The van der Waals surface area contributed by atoms with E-state index >= 15 is 0 Å². The molecule has 1 aliphatic heterocycles. The van der Waals surface area contributed by atoms with E-state index in [0.29, 0.717) is 16.1 Å². The molecule has 1 saturated heterocycles. The molecule has 1 aliphatic rings. The van der Waals surface area contributed by atoms with E-state index in [1.165, 1.54) is 0 Å². The third-order valence-electron chi connectivity index (χ3n) is 4.68. The lowest BCUT2D eigenvalue weighted by Crippen LogP contribution is -2.33. The fraction of sp³-hybridized carbons (Fsp3) is 0.0417. The zero-order chi connectivity index (χ0) is 21.1. The number of hydrogen-bond donors (Lipinski definition) is 0. The number of hydrogen-bond acceptors (Lipinski definition) is 4. The van der Waals surface area contributed by atoms with Crippen LogP contribution in [0.3, 0.4) is 0 Å². The van der Waals surface area contributed by atoms with Gasteiger partial charge in [0.15, 0.2) is 5.78 Å². The quantitative estimate of drug-likeness (QED) is 0.370. The summed E-state index contributed by atoms with van der Waals surface area (Å²) >= 11 is 6.94. The summed E-state index contributed by atoms with van der Waals surface area (Å²) in [5.74, 6) is -0.782. The van der Waals surface area contributed by atoms with E-state index in [9.17, 15) is 14.4 Å². The van der Waals surface area contributed by atoms with Crippen molar-refractivity contribution in [3.63, 3.8) is 0 Å². The van der Waals surface area contributed by atoms with Crippen molar-refractivity contribution in [3.8, 4) is 11.1 Å². The molecule has 4 rings (SSSR count). The van der Waals surface area contributed by atoms with Gasteiger partial charge in [-0.2, -0.15) is 0 Å². The minimum Gasteiger partial charge on any atom is -0.292 e. The van der Waals surface area contributed by atoms with Crippen LogP contribution in [0.15, 0.2) is 83.8 Å². The second kappa shape index (κ2) is 8.69. The summed E-state index contributed by atoms with van der Waals surface area (Å²) in [5.41, 5.74) is 3.13. The maximum Gasteiger partial charge on any atom is 0.293 e. The maximum absolute atomic E-state index is 12.7. The second-order valence-electron chi connectivity index (χ2n) is 6.66. The predicted molar refractivity (Wildman–Crippen MR) is 120 cm³/mol. The van der Waals surface area contributed by atoms with Crippen LogP contribution in [0.25, 0.3) is 17.2 Å². The molecule has 6 heteroatoms. The molecule has 0 N–H and O–H groups in total. The highest BCUT2D eigenvalue weighted by atomic mass is 35.5. The summed E-state index contributed by atoms with van der Waals surface area (Å²) < 4.78 is 0. The lowest BCUT2D eigenvalue weighted by molar-refractivity contribution is -0.122. The summed E-state index contributed by atoms with van der Waals surface area (Å²) in [4.78, 5) is 38.9. The average molecular weight is 434 g/mol. The largest absolute Gasteiger partial charge is 0.293 e. The number of Topliss-reactive ketones (excluding diaryl/α,β-unsaturated/α-hetero) is 1. The standard InChI is InChI=1S/C24H16ClNO3S/c25-20-9-5-4-8-19(20)14-22-23(28)26(24(29)30-22)15-21(27)18-12-10-17(11-13-18)16-6-2-1-3-7-16/h1-14H,15H2/b22-14+. The van der Waals surface area contributed by atoms with Crippen molar-refractivity contribution in [3.05, 3.63) is 99.9 Å². The summed E-state index contributed by atoms with van der Waals surface area (Å²) in [7, 11) is 0. The van der Waals surface area contributed by atoms with Crippen LogP contribution in [0.2, 0.25) is 5.02 Å². The fourth-order valence-corrected chi connectivity index (χ4v) is 4.10. The van der Waals surface area contributed by atoms with Crippen LogP contribution < -0.4 is 0 Å². The molecule has 1 heterocycles. The van der Waals surface area contributed by atoms with Gasteiger partial charge < -0.3 is 0 Å². The zero-order valence-electron chi connectivity index (χ0n) is 15.7. The number of rotatable bonds is 5. The molecule has 0 aromatic heterocycles. The monoisotopic (exact) mass is 433 g/mol. The van der Waals surface area contributed by atoms with Crippen molar-refractivity contribution in [2.45, 2.75) is 0 Å². The summed E-state index contributed by atoms with van der Waals surface area (Å²) in [6, 6.07) is 24.0. The van der Waals surface area contributed by atoms with Gasteiger partial charge in [0.2, 0.25) is 0 Å². The highest BCUT2D eigenvalue weighted by Gasteiger charge is 2.36. The smallest absolute Gasteiger partial charge is 0.292 e. The maximum atomic E-state index is 12.7. The lowest BCUT2D eigenvalue weighted by Gasteiger charge is -2.11. The van der Waals surface area contributed by atoms with Gasteiger partial charge in [0.25, 0.3) is 11.1 Å². The Bertz CT molecular complexity index is 1160. The first-order chi connectivity index (χ1) is 14.5. The molecule has 4 nitrogen and oxygen atoms in total. The zero-order valence-corrected chi connectivity index (χ0v) is 17.3. The van der Waals surface area contributed by atoms with Gasteiger partial charge in [-0.1, -0.05) is 84.4 Å². The fourth-order valence-electron chi connectivity index (χ4n) is 3.08. The lowest BCUT2D eigenvalue weighted by atomic mass is 10.0. The highest BCUT2D eigenvalue weighted by molar-refractivity contribution is 8.18. The van der Waals surface area contributed by atoms with Crippen molar-refractivity contribution in [2.24, 2.45) is 0 Å². The molecular formula is C24H16ClNO3S. The van der Waals surface area contributed by atoms with Gasteiger partial charge in [0.1, 0.15) is 0 Å². The van der Waals surface area contributed by atoms with Crippen LogP contribution in [0, 0.1) is 0 Å². The van der Waals surface area contributed by atoms with E-state index in [-0.39, 0.29) is 17.2 Å². The van der Waals surface area contributed by atoms with E-state index in [1.807, 2.05) is 42.5 Å². The van der Waals surface area contributed by atoms with Gasteiger partial charge in [-0.25, -0.2) is 0 Å². The minimum absolute atomic E-state index is 0.250. The van der Waals surface area contributed by atoms with Crippen LogP contribution in [-0.2, 0) is 4.79 Å². The minimum atomic E-state index is -0.487. The summed E-state index contributed by atoms with van der Waals surface area (Å²) in [6.45, 7) is -0.296. The molecule has 30 heavy (non-hydrogen) atoms. The molecular weight excluding hydrogens is 418 g/mol. The van der Waals surface area contributed by atoms with Gasteiger partial charge in [-0.15, -0.1) is 0 Å². The van der Waals surface area contributed by atoms with Crippen molar-refractivity contribution in [1.29, 1.82) is 0 Å². The molecule has 148 valence electrons. The van der Waals surface area contributed by atoms with Crippen molar-refractivity contribution < 1.29 is 14.4 Å². The van der Waals surface area contributed by atoms with Crippen LogP contribution in [0.1, 0.15) is 15.9 Å². The second-order valence-corrected chi connectivity index (χ2v) is 8.06.